The Labute approximate surface area is 121 Å². The van der Waals surface area contributed by atoms with Crippen LogP contribution in [0, 0.1) is 11.3 Å². The first-order valence-electron chi connectivity index (χ1n) is 6.92. The van der Waals surface area contributed by atoms with E-state index in [2.05, 4.69) is 11.4 Å². The highest BCUT2D eigenvalue weighted by molar-refractivity contribution is 6.62. The third-order valence-electron chi connectivity index (χ3n) is 3.98. The van der Waals surface area contributed by atoms with E-state index in [4.69, 9.17) is 14.6 Å². The van der Waals surface area contributed by atoms with Crippen molar-refractivity contribution in [3.8, 4) is 6.07 Å². The molecule has 2 rings (SSSR count). The lowest BCUT2D eigenvalue weighted by atomic mass is 9.79. The fourth-order valence-corrected chi connectivity index (χ4v) is 2.04. The minimum absolute atomic E-state index is 0.331. The Bertz CT molecular complexity index is 507. The molecule has 0 spiro atoms. The van der Waals surface area contributed by atoms with Gasteiger partial charge in [0, 0.05) is 12.2 Å². The van der Waals surface area contributed by atoms with Crippen LogP contribution in [-0.2, 0) is 9.31 Å². The Hall–Kier alpha value is -1.51. The van der Waals surface area contributed by atoms with E-state index in [0.29, 0.717) is 13.0 Å². The molecule has 0 unspecified atom stereocenters. The Balaban J connectivity index is 2.11. The maximum absolute atomic E-state index is 8.56. The zero-order chi connectivity index (χ0) is 14.8. The van der Waals surface area contributed by atoms with Crippen molar-refractivity contribution in [3.63, 3.8) is 0 Å². The number of nitriles is 1. The summed E-state index contributed by atoms with van der Waals surface area (Å²) in [6.07, 6.45) is 0.487. The molecular weight excluding hydrogens is 251 g/mol. The average molecular weight is 272 g/mol. The summed E-state index contributed by atoms with van der Waals surface area (Å²) in [4.78, 5) is 0. The molecule has 0 saturated carbocycles. The molecule has 106 valence electrons. The van der Waals surface area contributed by atoms with Crippen LogP contribution in [0.25, 0.3) is 0 Å². The molecule has 0 radical (unpaired) electrons. The van der Waals surface area contributed by atoms with Crippen molar-refractivity contribution in [3.05, 3.63) is 24.3 Å². The maximum atomic E-state index is 8.56. The van der Waals surface area contributed by atoms with Gasteiger partial charge in [0.1, 0.15) is 0 Å². The zero-order valence-electron chi connectivity index (χ0n) is 12.6. The van der Waals surface area contributed by atoms with Gasteiger partial charge in [0.2, 0.25) is 0 Å². The molecule has 1 heterocycles. The average Bonchev–Trinajstić information content (AvgIpc) is 2.59. The molecule has 0 aromatic heterocycles. The van der Waals surface area contributed by atoms with Crippen LogP contribution in [0.2, 0.25) is 0 Å². The molecule has 1 aromatic rings. The highest BCUT2D eigenvalue weighted by Crippen LogP contribution is 2.36. The highest BCUT2D eigenvalue weighted by atomic mass is 16.7. The smallest absolute Gasteiger partial charge is 0.399 e. The number of benzene rings is 1. The van der Waals surface area contributed by atoms with Crippen molar-refractivity contribution in [2.24, 2.45) is 0 Å². The van der Waals surface area contributed by atoms with Gasteiger partial charge in [-0.05, 0) is 45.3 Å². The summed E-state index contributed by atoms with van der Waals surface area (Å²) in [7, 11) is -0.349. The van der Waals surface area contributed by atoms with E-state index < -0.39 is 0 Å². The quantitative estimate of drug-likeness (QED) is 0.675. The molecule has 20 heavy (non-hydrogen) atoms. The van der Waals surface area contributed by atoms with E-state index in [1.807, 2.05) is 52.0 Å². The molecule has 0 atom stereocenters. The van der Waals surface area contributed by atoms with Crippen molar-refractivity contribution in [2.45, 2.75) is 45.3 Å². The number of hydrogen-bond donors (Lipinski definition) is 1. The molecule has 5 heteroatoms. The summed E-state index contributed by atoms with van der Waals surface area (Å²) in [5.41, 5.74) is 1.31. The number of nitrogens with one attached hydrogen (secondary N) is 1. The number of hydrogen-bond acceptors (Lipinski definition) is 4. The number of anilines is 1. The summed E-state index contributed by atoms with van der Waals surface area (Å²) in [6.45, 7) is 8.82. The van der Waals surface area contributed by atoms with Crippen LogP contribution in [0.15, 0.2) is 24.3 Å². The molecule has 0 amide bonds. The largest absolute Gasteiger partial charge is 0.494 e. The monoisotopic (exact) mass is 272 g/mol. The number of nitrogens with zero attached hydrogens (tertiary/aromatic N) is 1. The standard InChI is InChI=1S/C15H21BN2O2/c1-14(2)15(3,4)20-16(19-14)12-7-5-8-13(11-12)18-10-6-9-17/h5,7-8,11,18H,6,10H2,1-4H3. The molecule has 1 aliphatic heterocycles. The van der Waals surface area contributed by atoms with Gasteiger partial charge in [0.05, 0.1) is 23.7 Å². The van der Waals surface area contributed by atoms with Crippen molar-refractivity contribution in [1.82, 2.24) is 0 Å². The molecule has 1 aliphatic rings. The van der Waals surface area contributed by atoms with E-state index >= 15 is 0 Å². The molecule has 1 fully saturated rings. The third-order valence-corrected chi connectivity index (χ3v) is 3.98. The van der Waals surface area contributed by atoms with E-state index in [-0.39, 0.29) is 18.3 Å². The molecule has 1 N–H and O–H groups in total. The van der Waals surface area contributed by atoms with E-state index in [9.17, 15) is 0 Å². The predicted molar refractivity (Wildman–Crippen MR) is 80.9 cm³/mol. The first-order chi connectivity index (χ1) is 9.36. The minimum Gasteiger partial charge on any atom is -0.399 e. The highest BCUT2D eigenvalue weighted by Gasteiger charge is 2.51. The lowest BCUT2D eigenvalue weighted by Gasteiger charge is -2.32. The lowest BCUT2D eigenvalue weighted by molar-refractivity contribution is 0.00578. The van der Waals surface area contributed by atoms with Crippen LogP contribution >= 0.6 is 0 Å². The van der Waals surface area contributed by atoms with Crippen molar-refractivity contribution in [2.75, 3.05) is 11.9 Å². The van der Waals surface area contributed by atoms with Gasteiger partial charge in [-0.2, -0.15) is 5.26 Å². The van der Waals surface area contributed by atoms with Gasteiger partial charge in [-0.15, -0.1) is 0 Å². The summed E-state index contributed by atoms with van der Waals surface area (Å²) < 4.78 is 12.1. The molecule has 1 aromatic carbocycles. The normalized spacial score (nSPS) is 19.6. The topological polar surface area (TPSA) is 54.3 Å². The SMILES string of the molecule is CC1(C)OB(c2cccc(NCCC#N)c2)OC1(C)C. The van der Waals surface area contributed by atoms with E-state index in [1.54, 1.807) is 0 Å². The van der Waals surface area contributed by atoms with Gasteiger partial charge in [-0.3, -0.25) is 0 Å². The minimum atomic E-state index is -0.349. The zero-order valence-corrected chi connectivity index (χ0v) is 12.6. The fourth-order valence-electron chi connectivity index (χ4n) is 2.04. The van der Waals surface area contributed by atoms with Gasteiger partial charge in [0.15, 0.2) is 0 Å². The first-order valence-corrected chi connectivity index (χ1v) is 6.92. The van der Waals surface area contributed by atoms with Gasteiger partial charge in [-0.25, -0.2) is 0 Å². The second-order valence-corrected chi connectivity index (χ2v) is 6.05. The molecule has 4 nitrogen and oxygen atoms in total. The summed E-state index contributed by atoms with van der Waals surface area (Å²) in [6, 6.07) is 10.1. The Kier molecular flexibility index (Phi) is 4.07. The second kappa shape index (κ2) is 5.47. The van der Waals surface area contributed by atoms with Crippen LogP contribution in [0.3, 0.4) is 0 Å². The molecular formula is C15H21BN2O2. The lowest BCUT2D eigenvalue weighted by Crippen LogP contribution is -2.41. The first kappa shape index (κ1) is 14.9. The maximum Gasteiger partial charge on any atom is 0.494 e. The van der Waals surface area contributed by atoms with E-state index in [0.717, 1.165) is 11.2 Å². The van der Waals surface area contributed by atoms with Crippen LogP contribution in [0.5, 0.6) is 0 Å². The third kappa shape index (κ3) is 2.97. The van der Waals surface area contributed by atoms with Gasteiger partial charge < -0.3 is 14.6 Å². The van der Waals surface area contributed by atoms with Gasteiger partial charge >= 0.3 is 7.12 Å². The van der Waals surface area contributed by atoms with Crippen LogP contribution < -0.4 is 10.8 Å². The molecule has 0 bridgehead atoms. The predicted octanol–water partition coefficient (Wildman–Crippen LogP) is 2.31. The molecule has 1 saturated heterocycles. The number of rotatable bonds is 4. The van der Waals surface area contributed by atoms with Crippen molar-refractivity contribution in [1.29, 1.82) is 5.26 Å². The summed E-state index contributed by atoms with van der Waals surface area (Å²) in [5, 5.41) is 11.8. The Morgan fingerprint density at radius 2 is 1.85 bits per heavy atom. The van der Waals surface area contributed by atoms with Crippen molar-refractivity contribution >= 4 is 18.3 Å². The Morgan fingerprint density at radius 3 is 2.45 bits per heavy atom. The van der Waals surface area contributed by atoms with E-state index in [1.165, 1.54) is 0 Å². The Morgan fingerprint density at radius 1 is 1.20 bits per heavy atom. The van der Waals surface area contributed by atoms with Crippen LogP contribution in [0.4, 0.5) is 5.69 Å². The summed E-state index contributed by atoms with van der Waals surface area (Å²) in [5.74, 6) is 0. The van der Waals surface area contributed by atoms with Gasteiger partial charge in [-0.1, -0.05) is 12.1 Å². The van der Waals surface area contributed by atoms with Gasteiger partial charge in [0.25, 0.3) is 0 Å². The summed E-state index contributed by atoms with van der Waals surface area (Å²) >= 11 is 0. The molecule has 0 aliphatic carbocycles. The van der Waals surface area contributed by atoms with Crippen LogP contribution in [-0.4, -0.2) is 24.9 Å². The second-order valence-electron chi connectivity index (χ2n) is 6.05. The van der Waals surface area contributed by atoms with Crippen LogP contribution in [0.1, 0.15) is 34.1 Å². The van der Waals surface area contributed by atoms with Crippen molar-refractivity contribution < 1.29 is 9.31 Å². The fraction of sp³-hybridized carbons (Fsp3) is 0.533.